The Labute approximate surface area is 173 Å². The molecule has 30 heavy (non-hydrogen) atoms. The normalized spacial score (nSPS) is 12.8. The third-order valence-corrected chi connectivity index (χ3v) is 4.52. The third kappa shape index (κ3) is 5.20. The lowest BCUT2D eigenvalue weighted by atomic mass is 10.1. The van der Waals surface area contributed by atoms with E-state index in [1.165, 1.54) is 25.3 Å². The molecule has 0 aromatic heterocycles. The highest BCUT2D eigenvalue weighted by atomic mass is 19.3. The Hall–Kier alpha value is -3.29. The van der Waals surface area contributed by atoms with E-state index in [1.807, 2.05) is 25.1 Å². The molecule has 1 aliphatic heterocycles. The van der Waals surface area contributed by atoms with Crippen LogP contribution in [0.5, 0.6) is 23.0 Å². The zero-order chi connectivity index (χ0) is 21.5. The van der Waals surface area contributed by atoms with Crippen LogP contribution >= 0.6 is 0 Å². The first-order valence-electron chi connectivity index (χ1n) is 9.49. The van der Waals surface area contributed by atoms with E-state index in [4.69, 9.17) is 14.2 Å². The van der Waals surface area contributed by atoms with E-state index in [0.717, 1.165) is 5.56 Å². The summed E-state index contributed by atoms with van der Waals surface area (Å²) >= 11 is 0. The zero-order valence-electron chi connectivity index (χ0n) is 16.8. The van der Waals surface area contributed by atoms with Gasteiger partial charge in [0.15, 0.2) is 23.0 Å². The average molecular weight is 419 g/mol. The number of halogens is 2. The zero-order valence-corrected chi connectivity index (χ0v) is 16.8. The van der Waals surface area contributed by atoms with Crippen LogP contribution < -0.4 is 18.9 Å². The standard InChI is InChI=1S/C22H23F2NO5/c1-3-25(14-16-5-4-6-18-21(16)29-12-11-28-18)20(26)10-8-15-7-9-17(30-22(23)24)19(13-15)27-2/h4-10,13,22H,3,11-12,14H2,1-2H3/b10-8+. The lowest BCUT2D eigenvalue weighted by Crippen LogP contribution is -2.29. The molecule has 160 valence electrons. The van der Waals surface area contributed by atoms with Crippen LogP contribution in [0.25, 0.3) is 6.08 Å². The van der Waals surface area contributed by atoms with Crippen molar-refractivity contribution in [3.05, 3.63) is 53.6 Å². The van der Waals surface area contributed by atoms with Crippen LogP contribution in [0, 0.1) is 0 Å². The molecule has 1 amide bonds. The number of methoxy groups -OCH3 is 1. The van der Waals surface area contributed by atoms with Gasteiger partial charge in [-0.2, -0.15) is 8.78 Å². The highest BCUT2D eigenvalue weighted by molar-refractivity contribution is 5.91. The van der Waals surface area contributed by atoms with Crippen molar-refractivity contribution in [2.45, 2.75) is 20.1 Å². The van der Waals surface area contributed by atoms with Crippen molar-refractivity contribution in [2.75, 3.05) is 26.9 Å². The summed E-state index contributed by atoms with van der Waals surface area (Å²) in [7, 11) is 1.36. The maximum absolute atomic E-state index is 12.7. The van der Waals surface area contributed by atoms with E-state index < -0.39 is 6.61 Å². The number of likely N-dealkylation sites (N-methyl/N-ethyl adjacent to an activating group) is 1. The number of carbonyl (C=O) groups excluding carboxylic acids is 1. The Morgan fingerprint density at radius 2 is 2.00 bits per heavy atom. The Balaban J connectivity index is 1.72. The number of para-hydroxylation sites is 1. The van der Waals surface area contributed by atoms with Crippen molar-refractivity contribution in [1.29, 1.82) is 0 Å². The average Bonchev–Trinajstić information content (AvgIpc) is 2.76. The molecule has 0 saturated heterocycles. The van der Waals surface area contributed by atoms with Crippen LogP contribution in [-0.2, 0) is 11.3 Å². The van der Waals surface area contributed by atoms with Gasteiger partial charge in [0.25, 0.3) is 0 Å². The van der Waals surface area contributed by atoms with Crippen LogP contribution in [0.4, 0.5) is 8.78 Å². The van der Waals surface area contributed by atoms with E-state index in [-0.39, 0.29) is 17.4 Å². The van der Waals surface area contributed by atoms with Crippen molar-refractivity contribution in [3.63, 3.8) is 0 Å². The number of nitrogens with zero attached hydrogens (tertiary/aromatic N) is 1. The fourth-order valence-corrected chi connectivity index (χ4v) is 3.06. The van der Waals surface area contributed by atoms with Crippen molar-refractivity contribution < 1.29 is 32.5 Å². The molecule has 0 spiro atoms. The van der Waals surface area contributed by atoms with Gasteiger partial charge in [-0.15, -0.1) is 0 Å². The summed E-state index contributed by atoms with van der Waals surface area (Å²) in [6.45, 7) is 0.780. The maximum atomic E-state index is 12.7. The molecule has 6 nitrogen and oxygen atoms in total. The Kier molecular flexibility index (Phi) is 7.11. The first-order valence-corrected chi connectivity index (χ1v) is 9.49. The second-order valence-corrected chi connectivity index (χ2v) is 6.42. The molecule has 0 fully saturated rings. The van der Waals surface area contributed by atoms with Gasteiger partial charge in [-0.3, -0.25) is 4.79 Å². The van der Waals surface area contributed by atoms with E-state index in [2.05, 4.69) is 4.74 Å². The minimum Gasteiger partial charge on any atom is -0.493 e. The molecule has 0 radical (unpaired) electrons. The summed E-state index contributed by atoms with van der Waals surface area (Å²) in [5.74, 6) is 1.24. The molecule has 1 heterocycles. The van der Waals surface area contributed by atoms with Gasteiger partial charge < -0.3 is 23.8 Å². The number of amides is 1. The summed E-state index contributed by atoms with van der Waals surface area (Å²) < 4.78 is 45.7. The van der Waals surface area contributed by atoms with E-state index in [0.29, 0.717) is 43.4 Å². The summed E-state index contributed by atoms with van der Waals surface area (Å²) in [6, 6.07) is 10.1. The minimum absolute atomic E-state index is 0.0674. The highest BCUT2D eigenvalue weighted by Gasteiger charge is 2.18. The van der Waals surface area contributed by atoms with Crippen LogP contribution in [0.15, 0.2) is 42.5 Å². The molecule has 0 unspecified atom stereocenters. The first-order chi connectivity index (χ1) is 14.5. The Morgan fingerprint density at radius 3 is 2.73 bits per heavy atom. The van der Waals surface area contributed by atoms with Crippen LogP contribution in [-0.4, -0.2) is 44.3 Å². The van der Waals surface area contributed by atoms with Gasteiger partial charge in [0.2, 0.25) is 5.91 Å². The van der Waals surface area contributed by atoms with Crippen LogP contribution in [0.1, 0.15) is 18.1 Å². The molecule has 0 saturated carbocycles. The predicted molar refractivity (Wildman–Crippen MR) is 107 cm³/mol. The molecule has 8 heteroatoms. The molecule has 0 N–H and O–H groups in total. The van der Waals surface area contributed by atoms with E-state index >= 15 is 0 Å². The highest BCUT2D eigenvalue weighted by Crippen LogP contribution is 2.34. The number of alkyl halides is 2. The second kappa shape index (κ2) is 9.96. The number of fused-ring (bicyclic) bond motifs is 1. The molecular formula is C22H23F2NO5. The number of hydrogen-bond acceptors (Lipinski definition) is 5. The molecule has 0 aliphatic carbocycles. The monoisotopic (exact) mass is 419 g/mol. The Morgan fingerprint density at radius 1 is 1.20 bits per heavy atom. The SMILES string of the molecule is CCN(Cc1cccc2c1OCCO2)C(=O)/C=C/c1ccc(OC(F)F)c(OC)c1. The first kappa shape index (κ1) is 21.4. The van der Waals surface area contributed by atoms with Crippen LogP contribution in [0.2, 0.25) is 0 Å². The smallest absolute Gasteiger partial charge is 0.387 e. The van der Waals surface area contributed by atoms with Crippen molar-refractivity contribution in [3.8, 4) is 23.0 Å². The van der Waals surface area contributed by atoms with Crippen molar-refractivity contribution >= 4 is 12.0 Å². The van der Waals surface area contributed by atoms with Gasteiger partial charge in [-0.05, 0) is 36.8 Å². The maximum Gasteiger partial charge on any atom is 0.387 e. The third-order valence-electron chi connectivity index (χ3n) is 4.52. The molecule has 2 aromatic carbocycles. The van der Waals surface area contributed by atoms with Gasteiger partial charge in [0.05, 0.1) is 7.11 Å². The van der Waals surface area contributed by atoms with Gasteiger partial charge in [-0.1, -0.05) is 18.2 Å². The molecule has 0 bridgehead atoms. The fourth-order valence-electron chi connectivity index (χ4n) is 3.06. The number of carbonyl (C=O) groups is 1. The van der Waals surface area contributed by atoms with Crippen LogP contribution in [0.3, 0.4) is 0 Å². The van der Waals surface area contributed by atoms with Gasteiger partial charge >= 0.3 is 6.61 Å². The minimum atomic E-state index is -2.95. The molecular weight excluding hydrogens is 396 g/mol. The number of hydrogen-bond donors (Lipinski definition) is 0. The van der Waals surface area contributed by atoms with Gasteiger partial charge in [-0.25, -0.2) is 0 Å². The molecule has 3 rings (SSSR count). The lowest BCUT2D eigenvalue weighted by molar-refractivity contribution is -0.126. The summed E-state index contributed by atoms with van der Waals surface area (Å²) in [6.07, 6.45) is 3.03. The molecule has 0 atom stereocenters. The quantitative estimate of drug-likeness (QED) is 0.603. The van der Waals surface area contributed by atoms with E-state index in [9.17, 15) is 13.6 Å². The lowest BCUT2D eigenvalue weighted by Gasteiger charge is -2.24. The summed E-state index contributed by atoms with van der Waals surface area (Å²) in [5, 5.41) is 0. The molecule has 1 aliphatic rings. The van der Waals surface area contributed by atoms with E-state index in [1.54, 1.807) is 17.0 Å². The summed E-state index contributed by atoms with van der Waals surface area (Å²) in [5.41, 5.74) is 1.48. The Bertz CT molecular complexity index is 916. The van der Waals surface area contributed by atoms with Gasteiger partial charge in [0.1, 0.15) is 13.2 Å². The van der Waals surface area contributed by atoms with Gasteiger partial charge in [0, 0.05) is 24.7 Å². The number of ether oxygens (including phenoxy) is 4. The van der Waals surface area contributed by atoms with Crippen molar-refractivity contribution in [1.82, 2.24) is 4.90 Å². The predicted octanol–water partition coefficient (Wildman–Crippen LogP) is 4.13. The fraction of sp³-hybridized carbons (Fsp3) is 0.318. The van der Waals surface area contributed by atoms with Crippen molar-refractivity contribution in [2.24, 2.45) is 0 Å². The summed E-state index contributed by atoms with van der Waals surface area (Å²) in [4.78, 5) is 14.4. The number of rotatable bonds is 8. The second-order valence-electron chi connectivity index (χ2n) is 6.42. The number of benzene rings is 2. The molecule has 2 aromatic rings. The topological polar surface area (TPSA) is 57.2 Å². The largest absolute Gasteiger partial charge is 0.493 e.